The molecule has 1 aliphatic rings. The number of carboxylic acids is 1. The fourth-order valence-electron chi connectivity index (χ4n) is 1.04. The fraction of sp³-hybridized carbons (Fsp3) is 0.778. The van der Waals surface area contributed by atoms with Crippen LogP contribution in [0.4, 0.5) is 0 Å². The van der Waals surface area contributed by atoms with E-state index in [1.54, 1.807) is 0 Å². The number of carboxylic acid groups (broad SMARTS) is 1. The van der Waals surface area contributed by atoms with Crippen molar-refractivity contribution in [1.29, 1.82) is 0 Å². The Balaban J connectivity index is 2.12. The topological polar surface area (TPSA) is 83.8 Å². The molecule has 1 saturated carbocycles. The third kappa shape index (κ3) is 3.33. The molecule has 1 aliphatic carbocycles. The highest BCUT2D eigenvalue weighted by molar-refractivity contribution is 5.76. The van der Waals surface area contributed by atoms with E-state index in [1.807, 2.05) is 0 Å². The summed E-state index contributed by atoms with van der Waals surface area (Å²) >= 11 is 0. The number of rotatable bonds is 6. The van der Waals surface area contributed by atoms with Crippen molar-refractivity contribution in [1.82, 2.24) is 0 Å². The van der Waals surface area contributed by atoms with Crippen molar-refractivity contribution < 1.29 is 24.5 Å². The summed E-state index contributed by atoms with van der Waals surface area (Å²) in [7, 11) is 0. The monoisotopic (exact) mass is 202 g/mol. The van der Waals surface area contributed by atoms with Gasteiger partial charge in [0.25, 0.3) is 0 Å². The van der Waals surface area contributed by atoms with E-state index in [9.17, 15) is 9.59 Å². The Morgan fingerprint density at radius 2 is 1.93 bits per heavy atom. The molecule has 5 nitrogen and oxygen atoms in total. The van der Waals surface area contributed by atoms with Gasteiger partial charge in [-0.3, -0.25) is 9.59 Å². The lowest BCUT2D eigenvalue weighted by Gasteiger charge is -2.11. The predicted octanol–water partition coefficient (Wildman–Crippen LogP) is 0.167. The van der Waals surface area contributed by atoms with Gasteiger partial charge in [0.05, 0.1) is 26.1 Å². The van der Waals surface area contributed by atoms with Crippen molar-refractivity contribution >= 4 is 11.9 Å². The summed E-state index contributed by atoms with van der Waals surface area (Å²) in [6, 6.07) is 0. The zero-order valence-corrected chi connectivity index (χ0v) is 7.86. The molecule has 14 heavy (non-hydrogen) atoms. The van der Waals surface area contributed by atoms with Crippen LogP contribution in [0.3, 0.4) is 0 Å². The maximum absolute atomic E-state index is 11.0. The lowest BCUT2D eigenvalue weighted by atomic mass is 10.1. The van der Waals surface area contributed by atoms with Crippen LogP contribution in [0.5, 0.6) is 0 Å². The molecule has 0 aliphatic heterocycles. The molecule has 0 radical (unpaired) electrons. The Kier molecular flexibility index (Phi) is 3.46. The fourth-order valence-corrected chi connectivity index (χ4v) is 1.04. The van der Waals surface area contributed by atoms with Crippen LogP contribution < -0.4 is 0 Å². The zero-order valence-electron chi connectivity index (χ0n) is 7.86. The van der Waals surface area contributed by atoms with Crippen molar-refractivity contribution in [3.8, 4) is 0 Å². The third-order valence-electron chi connectivity index (χ3n) is 2.37. The highest BCUT2D eigenvalue weighted by Crippen LogP contribution is 2.45. The van der Waals surface area contributed by atoms with Crippen LogP contribution in [-0.4, -0.2) is 35.4 Å². The molecule has 1 rings (SSSR count). The van der Waals surface area contributed by atoms with Crippen LogP contribution in [0.2, 0.25) is 0 Å². The van der Waals surface area contributed by atoms with E-state index in [-0.39, 0.29) is 31.5 Å². The number of aliphatic hydroxyl groups excluding tert-OH is 1. The van der Waals surface area contributed by atoms with Crippen molar-refractivity contribution in [2.24, 2.45) is 5.41 Å². The molecule has 0 aromatic carbocycles. The van der Waals surface area contributed by atoms with Gasteiger partial charge in [0, 0.05) is 5.41 Å². The average molecular weight is 202 g/mol. The zero-order chi connectivity index (χ0) is 10.6. The average Bonchev–Trinajstić information content (AvgIpc) is 2.92. The molecule has 0 heterocycles. The molecular formula is C9H14O5. The van der Waals surface area contributed by atoms with E-state index in [1.165, 1.54) is 0 Å². The maximum Gasteiger partial charge on any atom is 0.306 e. The van der Waals surface area contributed by atoms with Crippen molar-refractivity contribution in [2.75, 3.05) is 13.2 Å². The normalized spacial score (nSPS) is 17.5. The van der Waals surface area contributed by atoms with E-state index in [2.05, 4.69) is 0 Å². The summed E-state index contributed by atoms with van der Waals surface area (Å²) in [5.41, 5.74) is -0.223. The van der Waals surface area contributed by atoms with Gasteiger partial charge in [-0.05, 0) is 12.8 Å². The minimum Gasteiger partial charge on any atom is -0.481 e. The van der Waals surface area contributed by atoms with Gasteiger partial charge in [0.1, 0.15) is 0 Å². The highest BCUT2D eigenvalue weighted by atomic mass is 16.5. The van der Waals surface area contributed by atoms with Crippen molar-refractivity contribution in [2.45, 2.75) is 25.7 Å². The minimum absolute atomic E-state index is 0.0270. The molecule has 0 unspecified atom stereocenters. The molecule has 2 N–H and O–H groups in total. The molecule has 5 heteroatoms. The molecule has 0 saturated heterocycles. The predicted molar refractivity (Wildman–Crippen MR) is 46.6 cm³/mol. The number of esters is 1. The molecule has 0 aromatic rings. The smallest absolute Gasteiger partial charge is 0.306 e. The van der Waals surface area contributed by atoms with Gasteiger partial charge >= 0.3 is 11.9 Å². The van der Waals surface area contributed by atoms with Crippen LogP contribution in [0, 0.1) is 5.41 Å². The number of hydrogen-bond acceptors (Lipinski definition) is 4. The number of ether oxygens (including phenoxy) is 1. The summed E-state index contributed by atoms with van der Waals surface area (Å²) in [6.45, 7) is 0.237. The SMILES string of the molecule is O=C(O)CCC(=O)OCC1(CO)CC1. The van der Waals surface area contributed by atoms with E-state index in [0.717, 1.165) is 12.8 Å². The van der Waals surface area contributed by atoms with Crippen LogP contribution >= 0.6 is 0 Å². The molecule has 80 valence electrons. The number of hydrogen-bond donors (Lipinski definition) is 2. The Labute approximate surface area is 81.7 Å². The Morgan fingerprint density at radius 3 is 2.36 bits per heavy atom. The van der Waals surface area contributed by atoms with Crippen LogP contribution in [0.25, 0.3) is 0 Å². The summed E-state index contributed by atoms with van der Waals surface area (Å²) in [5, 5.41) is 17.2. The number of aliphatic carboxylic acids is 1. The van der Waals surface area contributed by atoms with E-state index in [0.29, 0.717) is 0 Å². The Bertz CT molecular complexity index is 231. The first-order valence-corrected chi connectivity index (χ1v) is 4.56. The first-order chi connectivity index (χ1) is 6.58. The maximum atomic E-state index is 11.0. The van der Waals surface area contributed by atoms with Gasteiger partial charge < -0.3 is 14.9 Å². The van der Waals surface area contributed by atoms with Crippen molar-refractivity contribution in [3.63, 3.8) is 0 Å². The summed E-state index contributed by atoms with van der Waals surface area (Å²) in [6.07, 6.45) is 1.44. The van der Waals surface area contributed by atoms with Crippen LogP contribution in [0.15, 0.2) is 0 Å². The molecule has 0 aromatic heterocycles. The summed E-state index contributed by atoms with van der Waals surface area (Å²) < 4.78 is 4.85. The standard InChI is InChI=1S/C9H14O5/c10-5-9(3-4-9)6-14-8(13)2-1-7(11)12/h10H,1-6H2,(H,11,12). The van der Waals surface area contributed by atoms with Gasteiger partial charge in [-0.1, -0.05) is 0 Å². The number of carbonyl (C=O) groups excluding carboxylic acids is 1. The van der Waals surface area contributed by atoms with E-state index in [4.69, 9.17) is 14.9 Å². The van der Waals surface area contributed by atoms with E-state index < -0.39 is 11.9 Å². The Morgan fingerprint density at radius 1 is 1.29 bits per heavy atom. The second-order valence-electron chi connectivity index (χ2n) is 3.71. The Hall–Kier alpha value is -1.10. The first-order valence-electron chi connectivity index (χ1n) is 4.56. The van der Waals surface area contributed by atoms with E-state index >= 15 is 0 Å². The lowest BCUT2D eigenvalue weighted by Crippen LogP contribution is -2.18. The second-order valence-corrected chi connectivity index (χ2v) is 3.71. The number of aliphatic hydroxyl groups is 1. The third-order valence-corrected chi connectivity index (χ3v) is 2.37. The van der Waals surface area contributed by atoms with Gasteiger partial charge in [-0.15, -0.1) is 0 Å². The van der Waals surface area contributed by atoms with Gasteiger partial charge in [-0.25, -0.2) is 0 Å². The van der Waals surface area contributed by atoms with Crippen LogP contribution in [-0.2, 0) is 14.3 Å². The van der Waals surface area contributed by atoms with Gasteiger partial charge in [-0.2, -0.15) is 0 Å². The minimum atomic E-state index is -1.01. The largest absolute Gasteiger partial charge is 0.481 e. The second kappa shape index (κ2) is 4.41. The quantitative estimate of drug-likeness (QED) is 0.600. The van der Waals surface area contributed by atoms with Gasteiger partial charge in [0.2, 0.25) is 0 Å². The highest BCUT2D eigenvalue weighted by Gasteiger charge is 2.43. The molecule has 0 amide bonds. The number of carbonyl (C=O) groups is 2. The lowest BCUT2D eigenvalue weighted by molar-refractivity contribution is -0.149. The molecular weight excluding hydrogens is 188 g/mol. The molecule has 0 atom stereocenters. The van der Waals surface area contributed by atoms with Crippen molar-refractivity contribution in [3.05, 3.63) is 0 Å². The molecule has 1 fully saturated rings. The summed E-state index contributed by atoms with van der Waals surface area (Å²) in [5.74, 6) is -1.52. The summed E-state index contributed by atoms with van der Waals surface area (Å²) in [4.78, 5) is 21.1. The van der Waals surface area contributed by atoms with Gasteiger partial charge in [0.15, 0.2) is 0 Å². The molecule has 0 spiro atoms. The molecule has 0 bridgehead atoms. The van der Waals surface area contributed by atoms with Crippen LogP contribution in [0.1, 0.15) is 25.7 Å². The first kappa shape index (κ1) is 11.0.